The molecule has 0 aromatic heterocycles. The largest absolute Gasteiger partial charge is 0.326 e. The number of hydrogen-bond acceptors (Lipinski definition) is 4. The molecule has 0 saturated carbocycles. The fraction of sp³-hybridized carbons (Fsp3) is 0.500. The van der Waals surface area contributed by atoms with Crippen LogP contribution in [0.2, 0.25) is 0 Å². The van der Waals surface area contributed by atoms with E-state index in [1.807, 2.05) is 13.8 Å². The van der Waals surface area contributed by atoms with Crippen molar-refractivity contribution in [3.8, 4) is 0 Å². The summed E-state index contributed by atoms with van der Waals surface area (Å²) in [4.78, 5) is 22.6. The molecule has 0 spiro atoms. The van der Waals surface area contributed by atoms with Gasteiger partial charge in [0.1, 0.15) is 0 Å². The molecule has 1 aliphatic heterocycles. The molecule has 1 heterocycles. The first kappa shape index (κ1) is 14.5. The number of nitrogens with zero attached hydrogens (tertiary/aromatic N) is 1. The van der Waals surface area contributed by atoms with Gasteiger partial charge in [-0.15, -0.1) is 0 Å². The third kappa shape index (κ3) is 2.65. The van der Waals surface area contributed by atoms with Crippen molar-refractivity contribution in [1.29, 1.82) is 0 Å². The molecule has 2 N–H and O–H groups in total. The second-order valence-corrected chi connectivity index (χ2v) is 5.50. The van der Waals surface area contributed by atoms with E-state index in [0.717, 1.165) is 13.0 Å². The first-order valence-corrected chi connectivity index (χ1v) is 6.72. The maximum absolute atomic E-state index is 12.5. The number of nitro groups is 1. The number of carbonyl (C=O) groups excluding carboxylic acids is 1. The maximum Gasteiger partial charge on any atom is 0.269 e. The molecule has 0 bridgehead atoms. The quantitative estimate of drug-likeness (QED) is 0.652. The standard InChI is InChI=1S/C14H19N3O3/c1-10(2)14(7-8-15-9-14)13(18)16-11-3-5-12(6-4-11)17(19)20/h3-6,10,15H,7-9H2,1-2H3,(H,16,18). The van der Waals surface area contributed by atoms with Crippen LogP contribution in [0.5, 0.6) is 0 Å². The highest BCUT2D eigenvalue weighted by atomic mass is 16.6. The van der Waals surface area contributed by atoms with Crippen molar-refractivity contribution in [2.75, 3.05) is 18.4 Å². The third-order valence-corrected chi connectivity index (χ3v) is 4.08. The Hall–Kier alpha value is -1.95. The lowest BCUT2D eigenvalue weighted by Gasteiger charge is -2.31. The highest BCUT2D eigenvalue weighted by Gasteiger charge is 2.43. The van der Waals surface area contributed by atoms with Crippen LogP contribution >= 0.6 is 0 Å². The van der Waals surface area contributed by atoms with Crippen LogP contribution in [0.15, 0.2) is 24.3 Å². The zero-order chi connectivity index (χ0) is 14.8. The molecular formula is C14H19N3O3. The normalized spacial score (nSPS) is 21.9. The molecular weight excluding hydrogens is 258 g/mol. The molecule has 108 valence electrons. The molecule has 1 fully saturated rings. The van der Waals surface area contributed by atoms with Gasteiger partial charge in [0.2, 0.25) is 5.91 Å². The predicted octanol–water partition coefficient (Wildman–Crippen LogP) is 2.17. The first-order chi connectivity index (χ1) is 9.45. The Labute approximate surface area is 117 Å². The molecule has 1 aromatic rings. The molecule has 1 atom stereocenters. The van der Waals surface area contributed by atoms with E-state index in [9.17, 15) is 14.9 Å². The number of anilines is 1. The molecule has 1 aliphatic rings. The molecule has 0 aliphatic carbocycles. The summed E-state index contributed by atoms with van der Waals surface area (Å²) >= 11 is 0. The molecule has 1 aromatic carbocycles. The predicted molar refractivity (Wildman–Crippen MR) is 76.5 cm³/mol. The highest BCUT2D eigenvalue weighted by molar-refractivity contribution is 5.96. The van der Waals surface area contributed by atoms with Crippen molar-refractivity contribution in [3.05, 3.63) is 34.4 Å². The fourth-order valence-electron chi connectivity index (χ4n) is 2.58. The Morgan fingerprint density at radius 1 is 1.40 bits per heavy atom. The summed E-state index contributed by atoms with van der Waals surface area (Å²) in [5.41, 5.74) is 0.207. The minimum atomic E-state index is -0.456. The summed E-state index contributed by atoms with van der Waals surface area (Å²) in [7, 11) is 0. The van der Waals surface area contributed by atoms with Gasteiger partial charge in [-0.1, -0.05) is 13.8 Å². The number of carbonyl (C=O) groups is 1. The number of rotatable bonds is 4. The number of amides is 1. The molecule has 2 rings (SSSR count). The van der Waals surface area contributed by atoms with Gasteiger partial charge in [-0.2, -0.15) is 0 Å². The highest BCUT2D eigenvalue weighted by Crippen LogP contribution is 2.35. The SMILES string of the molecule is CC(C)C1(C(=O)Nc2ccc([N+](=O)[O-])cc2)CCNC1. The lowest BCUT2D eigenvalue weighted by Crippen LogP contribution is -2.42. The van der Waals surface area contributed by atoms with E-state index >= 15 is 0 Å². The summed E-state index contributed by atoms with van der Waals surface area (Å²) in [5, 5.41) is 16.7. The van der Waals surface area contributed by atoms with Crippen molar-refractivity contribution in [1.82, 2.24) is 5.32 Å². The van der Waals surface area contributed by atoms with Gasteiger partial charge in [0.05, 0.1) is 10.3 Å². The van der Waals surface area contributed by atoms with Crippen molar-refractivity contribution < 1.29 is 9.72 Å². The van der Waals surface area contributed by atoms with Crippen LogP contribution in [0.1, 0.15) is 20.3 Å². The second-order valence-electron chi connectivity index (χ2n) is 5.50. The Kier molecular flexibility index (Phi) is 4.04. The van der Waals surface area contributed by atoms with Crippen molar-refractivity contribution >= 4 is 17.3 Å². The Morgan fingerprint density at radius 2 is 2.05 bits per heavy atom. The van der Waals surface area contributed by atoms with Gasteiger partial charge in [-0.3, -0.25) is 14.9 Å². The van der Waals surface area contributed by atoms with E-state index in [1.165, 1.54) is 12.1 Å². The lowest BCUT2D eigenvalue weighted by atomic mass is 9.75. The second kappa shape index (κ2) is 5.58. The van der Waals surface area contributed by atoms with Crippen LogP contribution in [0, 0.1) is 21.4 Å². The molecule has 20 heavy (non-hydrogen) atoms. The topological polar surface area (TPSA) is 84.3 Å². The summed E-state index contributed by atoms with van der Waals surface area (Å²) in [6.07, 6.45) is 0.809. The van der Waals surface area contributed by atoms with Crippen molar-refractivity contribution in [2.24, 2.45) is 11.3 Å². The number of nitrogens with one attached hydrogen (secondary N) is 2. The number of benzene rings is 1. The van der Waals surface area contributed by atoms with E-state index in [0.29, 0.717) is 12.2 Å². The smallest absolute Gasteiger partial charge is 0.269 e. The van der Waals surface area contributed by atoms with Gasteiger partial charge in [-0.25, -0.2) is 0 Å². The Morgan fingerprint density at radius 3 is 2.50 bits per heavy atom. The summed E-state index contributed by atoms with van der Waals surface area (Å²) < 4.78 is 0. The van der Waals surface area contributed by atoms with Gasteiger partial charge in [0.15, 0.2) is 0 Å². The van der Waals surface area contributed by atoms with Crippen LogP contribution in [0.3, 0.4) is 0 Å². The van der Waals surface area contributed by atoms with Crippen LogP contribution in [-0.4, -0.2) is 23.9 Å². The average molecular weight is 277 g/mol. The minimum Gasteiger partial charge on any atom is -0.326 e. The van der Waals surface area contributed by atoms with Gasteiger partial charge >= 0.3 is 0 Å². The zero-order valence-corrected chi connectivity index (χ0v) is 11.7. The Bertz CT molecular complexity index is 505. The summed E-state index contributed by atoms with van der Waals surface area (Å²) in [5.74, 6) is 0.210. The number of non-ortho nitro benzene ring substituents is 1. The molecule has 0 radical (unpaired) electrons. The maximum atomic E-state index is 12.5. The molecule has 1 unspecified atom stereocenters. The van der Waals surface area contributed by atoms with Gasteiger partial charge in [0, 0.05) is 24.4 Å². The number of nitro benzene ring substituents is 1. The van der Waals surface area contributed by atoms with Crippen molar-refractivity contribution in [2.45, 2.75) is 20.3 Å². The summed E-state index contributed by atoms with van der Waals surface area (Å²) in [6.45, 7) is 5.60. The summed E-state index contributed by atoms with van der Waals surface area (Å²) in [6, 6.07) is 5.91. The van der Waals surface area contributed by atoms with E-state index in [4.69, 9.17) is 0 Å². The van der Waals surface area contributed by atoms with E-state index < -0.39 is 10.3 Å². The van der Waals surface area contributed by atoms with E-state index in [-0.39, 0.29) is 17.5 Å². The fourth-order valence-corrected chi connectivity index (χ4v) is 2.58. The van der Waals surface area contributed by atoms with Crippen LogP contribution in [-0.2, 0) is 4.79 Å². The van der Waals surface area contributed by atoms with Gasteiger partial charge in [-0.05, 0) is 31.0 Å². The van der Waals surface area contributed by atoms with Gasteiger partial charge < -0.3 is 10.6 Å². The molecule has 6 heteroatoms. The number of hydrogen-bond donors (Lipinski definition) is 2. The van der Waals surface area contributed by atoms with Crippen LogP contribution < -0.4 is 10.6 Å². The molecule has 1 amide bonds. The third-order valence-electron chi connectivity index (χ3n) is 4.08. The van der Waals surface area contributed by atoms with Crippen LogP contribution in [0.4, 0.5) is 11.4 Å². The monoisotopic (exact) mass is 277 g/mol. The lowest BCUT2D eigenvalue weighted by molar-refractivity contribution is -0.384. The van der Waals surface area contributed by atoms with Crippen LogP contribution in [0.25, 0.3) is 0 Å². The first-order valence-electron chi connectivity index (χ1n) is 6.72. The van der Waals surface area contributed by atoms with E-state index in [1.54, 1.807) is 12.1 Å². The average Bonchev–Trinajstić information content (AvgIpc) is 2.90. The minimum absolute atomic E-state index is 0.0177. The molecule has 6 nitrogen and oxygen atoms in total. The Balaban J connectivity index is 2.12. The zero-order valence-electron chi connectivity index (χ0n) is 11.7. The van der Waals surface area contributed by atoms with E-state index in [2.05, 4.69) is 10.6 Å². The van der Waals surface area contributed by atoms with Crippen molar-refractivity contribution in [3.63, 3.8) is 0 Å². The molecule has 1 saturated heterocycles. The van der Waals surface area contributed by atoms with Gasteiger partial charge in [0.25, 0.3) is 5.69 Å².